The summed E-state index contributed by atoms with van der Waals surface area (Å²) in [5.41, 5.74) is 0. The van der Waals surface area contributed by atoms with Crippen molar-refractivity contribution in [2.75, 3.05) is 6.61 Å². The van der Waals surface area contributed by atoms with Crippen molar-refractivity contribution in [1.29, 1.82) is 0 Å². The molecule has 0 aliphatic carbocycles. The van der Waals surface area contributed by atoms with Crippen LogP contribution in [0.25, 0.3) is 0 Å². The van der Waals surface area contributed by atoms with Gasteiger partial charge in [0, 0.05) is 6.42 Å². The lowest BCUT2D eigenvalue weighted by Gasteiger charge is -2.37. The SMILES string of the molecule is CCCCCCCCCCCCC/C=C/C1OP(=O)([O-])OC[C@@H]1NC(=O)CCCCC.[NH4+]. The molecular formula is C24H49N2O5P. The van der Waals surface area contributed by atoms with Gasteiger partial charge in [0.05, 0.1) is 12.6 Å². The van der Waals surface area contributed by atoms with Gasteiger partial charge in [0.2, 0.25) is 5.91 Å². The summed E-state index contributed by atoms with van der Waals surface area (Å²) in [7, 11) is -4.29. The summed E-state index contributed by atoms with van der Waals surface area (Å²) < 4.78 is 21.6. The second kappa shape index (κ2) is 19.7. The third kappa shape index (κ3) is 16.0. The van der Waals surface area contributed by atoms with E-state index < -0.39 is 20.0 Å². The number of carbonyl (C=O) groups excluding carboxylic acids is 1. The second-order valence-corrected chi connectivity index (χ2v) is 10.1. The van der Waals surface area contributed by atoms with E-state index in [2.05, 4.69) is 19.2 Å². The smallest absolute Gasteiger partial charge is 0.268 e. The highest BCUT2D eigenvalue weighted by Gasteiger charge is 2.32. The summed E-state index contributed by atoms with van der Waals surface area (Å²) in [5, 5.41) is 2.86. The topological polar surface area (TPSA) is 124 Å². The number of amides is 1. The molecule has 3 atom stereocenters. The summed E-state index contributed by atoms with van der Waals surface area (Å²) in [6.07, 6.45) is 21.5. The molecule has 0 aromatic rings. The van der Waals surface area contributed by atoms with Crippen LogP contribution in [0, 0.1) is 0 Å². The van der Waals surface area contributed by atoms with Crippen LogP contribution in [-0.2, 0) is 18.4 Å². The zero-order valence-electron chi connectivity index (χ0n) is 20.8. The lowest BCUT2D eigenvalue weighted by molar-refractivity contribution is -0.237. The average molecular weight is 477 g/mol. The molecule has 1 rings (SSSR count). The Morgan fingerprint density at radius 1 is 0.938 bits per heavy atom. The molecule has 32 heavy (non-hydrogen) atoms. The van der Waals surface area contributed by atoms with E-state index in [4.69, 9.17) is 9.05 Å². The number of unbranched alkanes of at least 4 members (excludes halogenated alkanes) is 13. The standard InChI is InChI=1S/C24H46NO5P.H3N/c1-3-5-7-8-9-10-11-12-13-14-15-16-18-19-23-22(21-29-31(27,28)30-23)25-24(26)20-17-6-4-2;/h18-19,22-23H,3-17,20-21H2,1-2H3,(H,25,26)(H,27,28);1H3/b19-18+;/t22-,23?;/m0./s1. The van der Waals surface area contributed by atoms with Gasteiger partial charge in [-0.3, -0.25) is 9.36 Å². The fraction of sp³-hybridized carbons (Fsp3) is 0.875. The number of rotatable bonds is 18. The number of quaternary nitrogens is 1. The predicted molar refractivity (Wildman–Crippen MR) is 131 cm³/mol. The van der Waals surface area contributed by atoms with Gasteiger partial charge in [-0.25, -0.2) is 0 Å². The first-order valence-electron chi connectivity index (χ1n) is 12.6. The highest BCUT2D eigenvalue weighted by molar-refractivity contribution is 7.45. The van der Waals surface area contributed by atoms with Gasteiger partial charge in [-0.15, -0.1) is 0 Å². The van der Waals surface area contributed by atoms with Crippen LogP contribution >= 0.6 is 7.82 Å². The fourth-order valence-corrected chi connectivity index (χ4v) is 4.70. The largest absolute Gasteiger partial charge is 0.756 e. The first kappa shape index (κ1) is 31.3. The van der Waals surface area contributed by atoms with Crippen molar-refractivity contribution < 1.29 is 23.3 Å². The highest BCUT2D eigenvalue weighted by atomic mass is 31.2. The van der Waals surface area contributed by atoms with Crippen molar-refractivity contribution in [1.82, 2.24) is 11.5 Å². The molecule has 0 saturated carbocycles. The molecule has 0 radical (unpaired) electrons. The van der Waals surface area contributed by atoms with Gasteiger partial charge in [-0.05, 0) is 19.3 Å². The van der Waals surface area contributed by atoms with Crippen molar-refractivity contribution in [3.8, 4) is 0 Å². The van der Waals surface area contributed by atoms with E-state index in [1.807, 2.05) is 6.08 Å². The Kier molecular flexibility index (Phi) is 19.3. The Labute approximate surface area is 196 Å². The lowest BCUT2D eigenvalue weighted by atomic mass is 10.0. The van der Waals surface area contributed by atoms with Gasteiger partial charge in [-0.1, -0.05) is 103 Å². The fourth-order valence-electron chi connectivity index (χ4n) is 3.78. The molecule has 1 aliphatic rings. The Bertz CT molecular complexity index is 544. The van der Waals surface area contributed by atoms with E-state index in [0.29, 0.717) is 6.42 Å². The van der Waals surface area contributed by atoms with Crippen molar-refractivity contribution in [2.24, 2.45) is 0 Å². The third-order valence-electron chi connectivity index (χ3n) is 5.71. The third-order valence-corrected chi connectivity index (χ3v) is 6.68. The van der Waals surface area contributed by atoms with Crippen LogP contribution in [0.2, 0.25) is 0 Å². The number of hydrogen-bond donors (Lipinski definition) is 2. The number of nitrogens with one attached hydrogen (secondary N) is 1. The number of phosphoric ester groups is 1. The molecule has 1 amide bonds. The van der Waals surface area contributed by atoms with Crippen LogP contribution < -0.4 is 16.4 Å². The summed E-state index contributed by atoms with van der Waals surface area (Å²) >= 11 is 0. The molecule has 7 nitrogen and oxygen atoms in total. The van der Waals surface area contributed by atoms with E-state index >= 15 is 0 Å². The maximum Gasteiger partial charge on any atom is 0.268 e. The Morgan fingerprint density at radius 3 is 2.06 bits per heavy atom. The molecule has 1 saturated heterocycles. The van der Waals surface area contributed by atoms with E-state index in [9.17, 15) is 14.3 Å². The summed E-state index contributed by atoms with van der Waals surface area (Å²) in [5.74, 6) is -0.0861. The number of carbonyl (C=O) groups is 1. The minimum atomic E-state index is -4.29. The van der Waals surface area contributed by atoms with Gasteiger partial charge in [0.1, 0.15) is 6.10 Å². The van der Waals surface area contributed by atoms with Crippen molar-refractivity contribution >= 4 is 13.7 Å². The molecular weight excluding hydrogens is 427 g/mol. The van der Waals surface area contributed by atoms with E-state index in [0.717, 1.165) is 32.1 Å². The average Bonchev–Trinajstić information content (AvgIpc) is 2.73. The van der Waals surface area contributed by atoms with E-state index in [-0.39, 0.29) is 18.7 Å². The summed E-state index contributed by atoms with van der Waals surface area (Å²) in [4.78, 5) is 23.8. The molecule has 0 aromatic carbocycles. The molecule has 0 bridgehead atoms. The molecule has 8 heteroatoms. The molecule has 190 valence electrons. The van der Waals surface area contributed by atoms with Crippen LogP contribution in [0.15, 0.2) is 12.2 Å². The lowest BCUT2D eigenvalue weighted by Crippen LogP contribution is -2.49. The van der Waals surface area contributed by atoms with Crippen LogP contribution in [0.4, 0.5) is 0 Å². The first-order chi connectivity index (χ1) is 15.0. The van der Waals surface area contributed by atoms with Crippen LogP contribution in [0.5, 0.6) is 0 Å². The number of hydrogen-bond acceptors (Lipinski definition) is 5. The quantitative estimate of drug-likeness (QED) is 0.131. The van der Waals surface area contributed by atoms with Crippen LogP contribution in [0.1, 0.15) is 117 Å². The molecule has 2 unspecified atom stereocenters. The van der Waals surface area contributed by atoms with Crippen molar-refractivity contribution in [2.45, 2.75) is 129 Å². The van der Waals surface area contributed by atoms with Crippen LogP contribution in [-0.4, -0.2) is 24.7 Å². The summed E-state index contributed by atoms with van der Waals surface area (Å²) in [6.45, 7) is 4.26. The molecule has 5 N–H and O–H groups in total. The highest BCUT2D eigenvalue weighted by Crippen LogP contribution is 2.44. The number of allylic oxidation sites excluding steroid dienone is 1. The van der Waals surface area contributed by atoms with Gasteiger partial charge in [0.25, 0.3) is 7.82 Å². The Morgan fingerprint density at radius 2 is 1.47 bits per heavy atom. The number of phosphoric acid groups is 1. The van der Waals surface area contributed by atoms with Crippen molar-refractivity contribution in [3.05, 3.63) is 12.2 Å². The molecule has 0 spiro atoms. The molecule has 1 aliphatic heterocycles. The zero-order chi connectivity index (χ0) is 22.8. The summed E-state index contributed by atoms with van der Waals surface area (Å²) in [6, 6.07) is -0.473. The van der Waals surface area contributed by atoms with E-state index in [1.165, 1.54) is 64.2 Å². The molecule has 1 fully saturated rings. The predicted octanol–water partition coefficient (Wildman–Crippen LogP) is 6.57. The minimum Gasteiger partial charge on any atom is -0.756 e. The second-order valence-electron chi connectivity index (χ2n) is 8.70. The normalized spacial score (nSPS) is 23.2. The zero-order valence-corrected chi connectivity index (χ0v) is 21.7. The van der Waals surface area contributed by atoms with E-state index in [1.54, 1.807) is 6.08 Å². The molecule has 0 aromatic heterocycles. The first-order valence-corrected chi connectivity index (χ1v) is 14.0. The van der Waals surface area contributed by atoms with Crippen molar-refractivity contribution in [3.63, 3.8) is 0 Å². The van der Waals surface area contributed by atoms with Gasteiger partial charge < -0.3 is 25.4 Å². The monoisotopic (exact) mass is 476 g/mol. The minimum absolute atomic E-state index is 0. The maximum atomic E-state index is 12.1. The van der Waals surface area contributed by atoms with Gasteiger partial charge >= 0.3 is 0 Å². The Balaban J connectivity index is 0.00000961. The van der Waals surface area contributed by atoms with Crippen LogP contribution in [0.3, 0.4) is 0 Å². The maximum absolute atomic E-state index is 12.1. The van der Waals surface area contributed by atoms with Gasteiger partial charge in [-0.2, -0.15) is 0 Å². The van der Waals surface area contributed by atoms with Gasteiger partial charge in [0.15, 0.2) is 0 Å². The molecule has 1 heterocycles. The Hall–Kier alpha value is -0.720.